The summed E-state index contributed by atoms with van der Waals surface area (Å²) in [6, 6.07) is 0.603. The van der Waals surface area contributed by atoms with Crippen LogP contribution in [0.2, 0.25) is 0 Å². The van der Waals surface area contributed by atoms with Gasteiger partial charge in [0.15, 0.2) is 0 Å². The Kier molecular flexibility index (Phi) is 5.83. The molecule has 1 aromatic heterocycles. The van der Waals surface area contributed by atoms with Crippen molar-refractivity contribution in [2.24, 2.45) is 17.8 Å². The highest BCUT2D eigenvalue weighted by Crippen LogP contribution is 2.37. The molecule has 104 valence electrons. The molecule has 1 fully saturated rings. The van der Waals surface area contributed by atoms with E-state index >= 15 is 0 Å². The van der Waals surface area contributed by atoms with Gasteiger partial charge in [0, 0.05) is 5.92 Å². The number of hydrogen-bond acceptors (Lipinski definition) is 1. The second-order valence-electron chi connectivity index (χ2n) is 5.95. The minimum Gasteiger partial charge on any atom is -1.00 e. The lowest BCUT2D eigenvalue weighted by molar-refractivity contribution is -0.785. The van der Waals surface area contributed by atoms with E-state index in [4.69, 9.17) is 0 Å². The van der Waals surface area contributed by atoms with Crippen molar-refractivity contribution in [3.63, 3.8) is 0 Å². The minimum atomic E-state index is 0. The maximum Gasteiger partial charge on any atom is 0.265 e. The van der Waals surface area contributed by atoms with E-state index in [1.807, 2.05) is 6.33 Å². The lowest BCUT2D eigenvalue weighted by Crippen LogP contribution is -3.00. The lowest BCUT2D eigenvalue weighted by atomic mass is 9.74. The first-order chi connectivity index (χ1) is 8.11. The highest BCUT2D eigenvalue weighted by atomic mass is 79.9. The maximum absolute atomic E-state index is 4.56. The summed E-state index contributed by atoms with van der Waals surface area (Å²) in [5.74, 6) is 2.39. The summed E-state index contributed by atoms with van der Waals surface area (Å²) in [6.07, 6.45) is 8.16. The Balaban J connectivity index is 0.00000162. The molecule has 0 saturated heterocycles. The molecule has 0 radical (unpaired) electrons. The molecule has 1 aliphatic carbocycles. The Morgan fingerprint density at radius 1 is 1.39 bits per heavy atom. The topological polar surface area (TPSA) is 21.7 Å². The molecule has 3 nitrogen and oxygen atoms in total. The molecule has 0 N–H and O–H groups in total. The number of aromatic nitrogens is 3. The molecule has 3 atom stereocenters. The zero-order valence-electron chi connectivity index (χ0n) is 12.0. The predicted molar refractivity (Wildman–Crippen MR) is 68.5 cm³/mol. The number of nitrogens with zero attached hydrogens (tertiary/aromatic N) is 3. The number of rotatable bonds is 3. The third kappa shape index (κ3) is 3.34. The van der Waals surface area contributed by atoms with Crippen molar-refractivity contribution in [3.05, 3.63) is 12.7 Å². The largest absolute Gasteiger partial charge is 1.00 e. The van der Waals surface area contributed by atoms with Gasteiger partial charge in [0.05, 0.1) is 6.54 Å². The second-order valence-corrected chi connectivity index (χ2v) is 5.95. The van der Waals surface area contributed by atoms with Crippen LogP contribution in [0.4, 0.5) is 0 Å². The van der Waals surface area contributed by atoms with Crippen LogP contribution in [0.25, 0.3) is 0 Å². The Hall–Kier alpha value is -0.380. The van der Waals surface area contributed by atoms with Gasteiger partial charge in [-0.1, -0.05) is 27.2 Å². The molecule has 0 bridgehead atoms. The fourth-order valence-electron chi connectivity index (χ4n) is 3.13. The van der Waals surface area contributed by atoms with Crippen LogP contribution < -0.4 is 21.7 Å². The van der Waals surface area contributed by atoms with Gasteiger partial charge in [-0.25, -0.2) is 4.57 Å². The van der Waals surface area contributed by atoms with Crippen molar-refractivity contribution in [2.45, 2.75) is 59.5 Å². The van der Waals surface area contributed by atoms with Crippen molar-refractivity contribution in [1.29, 1.82) is 0 Å². The van der Waals surface area contributed by atoms with Gasteiger partial charge < -0.3 is 17.0 Å². The van der Waals surface area contributed by atoms with E-state index in [1.165, 1.54) is 19.3 Å². The van der Waals surface area contributed by atoms with E-state index in [-0.39, 0.29) is 17.0 Å². The molecule has 0 aromatic carbocycles. The summed E-state index contributed by atoms with van der Waals surface area (Å²) >= 11 is 0. The molecular weight excluding hydrogens is 290 g/mol. The van der Waals surface area contributed by atoms with Gasteiger partial charge in [0.1, 0.15) is 6.04 Å². The van der Waals surface area contributed by atoms with Gasteiger partial charge in [0.25, 0.3) is 6.33 Å². The monoisotopic (exact) mass is 315 g/mol. The summed E-state index contributed by atoms with van der Waals surface area (Å²) in [5, 5.41) is 4.56. The first-order valence-corrected chi connectivity index (χ1v) is 7.05. The first-order valence-electron chi connectivity index (χ1n) is 7.05. The van der Waals surface area contributed by atoms with Crippen LogP contribution in [0.1, 0.15) is 53.0 Å². The number of halogens is 1. The van der Waals surface area contributed by atoms with Crippen LogP contribution in [-0.2, 0) is 6.54 Å². The van der Waals surface area contributed by atoms with Crippen molar-refractivity contribution in [3.8, 4) is 0 Å². The normalized spacial score (nSPS) is 28.2. The van der Waals surface area contributed by atoms with Crippen LogP contribution in [0.3, 0.4) is 0 Å². The molecule has 2 rings (SSSR count). The van der Waals surface area contributed by atoms with Gasteiger partial charge in [-0.05, 0) is 36.7 Å². The highest BCUT2D eigenvalue weighted by molar-refractivity contribution is 4.77. The standard InChI is InChI=1S/C14H26N3.BrH/c1-5-16-9-15-17(10-16)14-8-12(4)6-7-13(14)11(2)3;/h9-14H,5-8H2,1-4H3;1H/q+1;/p-1/t12-,13?,14?;/m0./s1. The number of hydrogen-bond donors (Lipinski definition) is 0. The van der Waals surface area contributed by atoms with E-state index in [1.54, 1.807) is 0 Å². The fourth-order valence-corrected chi connectivity index (χ4v) is 3.13. The van der Waals surface area contributed by atoms with Crippen molar-refractivity contribution in [2.75, 3.05) is 0 Å². The fraction of sp³-hybridized carbons (Fsp3) is 0.857. The van der Waals surface area contributed by atoms with Crippen LogP contribution in [0.5, 0.6) is 0 Å². The van der Waals surface area contributed by atoms with E-state index < -0.39 is 0 Å². The summed E-state index contributed by atoms with van der Waals surface area (Å²) in [5.41, 5.74) is 0. The molecule has 0 amide bonds. The van der Waals surface area contributed by atoms with Gasteiger partial charge in [-0.2, -0.15) is 0 Å². The highest BCUT2D eigenvalue weighted by Gasteiger charge is 2.35. The SMILES string of the molecule is CCn1cn[n+](C2C[C@@H](C)CCC2C(C)C)c1.[Br-]. The molecular formula is C14H26BrN3. The van der Waals surface area contributed by atoms with Crippen LogP contribution >= 0.6 is 0 Å². The van der Waals surface area contributed by atoms with Gasteiger partial charge in [-0.15, -0.1) is 4.68 Å². The molecule has 4 heteroatoms. The van der Waals surface area contributed by atoms with Crippen molar-refractivity contribution < 1.29 is 21.7 Å². The predicted octanol–water partition coefficient (Wildman–Crippen LogP) is -0.172. The zero-order valence-corrected chi connectivity index (χ0v) is 13.6. The molecule has 18 heavy (non-hydrogen) atoms. The van der Waals surface area contributed by atoms with E-state index in [2.05, 4.69) is 48.4 Å². The quantitative estimate of drug-likeness (QED) is 0.710. The molecule has 0 spiro atoms. The molecule has 1 saturated carbocycles. The summed E-state index contributed by atoms with van der Waals surface area (Å²) in [4.78, 5) is 0. The summed E-state index contributed by atoms with van der Waals surface area (Å²) in [6.45, 7) is 10.3. The molecule has 2 unspecified atom stereocenters. The Morgan fingerprint density at radius 2 is 2.11 bits per heavy atom. The minimum absolute atomic E-state index is 0. The Labute approximate surface area is 121 Å². The third-order valence-electron chi connectivity index (χ3n) is 4.29. The van der Waals surface area contributed by atoms with Crippen molar-refractivity contribution >= 4 is 0 Å². The summed E-state index contributed by atoms with van der Waals surface area (Å²) < 4.78 is 4.38. The van der Waals surface area contributed by atoms with Crippen LogP contribution in [0, 0.1) is 17.8 Å². The first kappa shape index (κ1) is 15.7. The van der Waals surface area contributed by atoms with Crippen LogP contribution in [-0.4, -0.2) is 9.67 Å². The van der Waals surface area contributed by atoms with Gasteiger partial charge in [-0.3, -0.25) is 0 Å². The number of aryl methyl sites for hydroxylation is 1. The smallest absolute Gasteiger partial charge is 0.265 e. The molecule has 1 heterocycles. The molecule has 1 aliphatic rings. The van der Waals surface area contributed by atoms with Gasteiger partial charge >= 0.3 is 0 Å². The summed E-state index contributed by atoms with van der Waals surface area (Å²) in [7, 11) is 0. The van der Waals surface area contributed by atoms with Crippen molar-refractivity contribution in [1.82, 2.24) is 9.67 Å². The van der Waals surface area contributed by atoms with E-state index in [0.29, 0.717) is 6.04 Å². The van der Waals surface area contributed by atoms with Crippen LogP contribution in [0.15, 0.2) is 12.7 Å². The Bertz CT molecular complexity index is 362. The zero-order chi connectivity index (χ0) is 12.4. The average Bonchev–Trinajstić information content (AvgIpc) is 2.76. The molecule has 1 aromatic rings. The van der Waals surface area contributed by atoms with Gasteiger partial charge in [0.2, 0.25) is 6.33 Å². The maximum atomic E-state index is 4.56. The van der Waals surface area contributed by atoms with E-state index in [9.17, 15) is 0 Å². The molecule has 0 aliphatic heterocycles. The Morgan fingerprint density at radius 3 is 2.67 bits per heavy atom. The second kappa shape index (κ2) is 6.69. The average molecular weight is 316 g/mol. The third-order valence-corrected chi connectivity index (χ3v) is 4.29. The van der Waals surface area contributed by atoms with E-state index in [0.717, 1.165) is 24.3 Å². The lowest BCUT2D eigenvalue weighted by Gasteiger charge is -2.34.